The van der Waals surface area contributed by atoms with E-state index in [-0.39, 0.29) is 29.8 Å². The Morgan fingerprint density at radius 1 is 1.07 bits per heavy atom. The molecule has 0 radical (unpaired) electrons. The van der Waals surface area contributed by atoms with E-state index in [1.165, 1.54) is 0 Å². The molecule has 4 nitrogen and oxygen atoms in total. The highest BCUT2D eigenvalue weighted by Crippen LogP contribution is 2.42. The smallest absolute Gasteiger partial charge is 0.229 e. The Morgan fingerprint density at radius 3 is 2.36 bits per heavy atom. The standard InChI is InChI=1S/C24H30N2O2/c1-5-11-23(27)26(19-12-7-6-8-13-19)22-16-18(4)25(24(28)17(2)3)21-15-10-9-14-20(21)22/h6-10,12-15,17-18,22H,5,11,16H2,1-4H3. The summed E-state index contributed by atoms with van der Waals surface area (Å²) >= 11 is 0. The molecule has 0 bridgehead atoms. The molecule has 4 heteroatoms. The van der Waals surface area contributed by atoms with Crippen LogP contribution in [0, 0.1) is 5.92 Å². The van der Waals surface area contributed by atoms with E-state index >= 15 is 0 Å². The van der Waals surface area contributed by atoms with Gasteiger partial charge < -0.3 is 9.80 Å². The molecule has 148 valence electrons. The zero-order chi connectivity index (χ0) is 20.3. The number of hydrogen-bond acceptors (Lipinski definition) is 2. The van der Waals surface area contributed by atoms with Crippen LogP contribution in [0.15, 0.2) is 54.6 Å². The number of anilines is 2. The van der Waals surface area contributed by atoms with Gasteiger partial charge in [-0.05, 0) is 43.5 Å². The quantitative estimate of drug-likeness (QED) is 0.704. The van der Waals surface area contributed by atoms with Crippen LogP contribution >= 0.6 is 0 Å². The Labute approximate surface area is 168 Å². The van der Waals surface area contributed by atoms with Crippen LogP contribution in [0.3, 0.4) is 0 Å². The minimum atomic E-state index is -0.0798. The summed E-state index contributed by atoms with van der Waals surface area (Å²) in [6.07, 6.45) is 2.04. The first-order valence-corrected chi connectivity index (χ1v) is 10.2. The number of carbonyl (C=O) groups excluding carboxylic acids is 2. The Bertz CT molecular complexity index is 832. The van der Waals surface area contributed by atoms with Crippen LogP contribution in [0.4, 0.5) is 11.4 Å². The monoisotopic (exact) mass is 378 g/mol. The van der Waals surface area contributed by atoms with Crippen molar-refractivity contribution in [3.63, 3.8) is 0 Å². The van der Waals surface area contributed by atoms with Gasteiger partial charge in [-0.15, -0.1) is 0 Å². The summed E-state index contributed by atoms with van der Waals surface area (Å²) in [4.78, 5) is 29.9. The van der Waals surface area contributed by atoms with Crippen molar-refractivity contribution in [1.82, 2.24) is 0 Å². The summed E-state index contributed by atoms with van der Waals surface area (Å²) in [7, 11) is 0. The summed E-state index contributed by atoms with van der Waals surface area (Å²) in [5, 5.41) is 0. The fourth-order valence-corrected chi connectivity index (χ4v) is 4.06. The number of hydrogen-bond donors (Lipinski definition) is 0. The van der Waals surface area contributed by atoms with E-state index in [9.17, 15) is 9.59 Å². The average molecular weight is 379 g/mol. The number of fused-ring (bicyclic) bond motifs is 1. The second-order valence-corrected chi connectivity index (χ2v) is 7.87. The number of benzene rings is 2. The van der Waals surface area contributed by atoms with E-state index < -0.39 is 0 Å². The number of carbonyl (C=O) groups is 2. The van der Waals surface area contributed by atoms with Crippen LogP contribution in [0.2, 0.25) is 0 Å². The highest BCUT2D eigenvalue weighted by molar-refractivity contribution is 5.98. The lowest BCUT2D eigenvalue weighted by molar-refractivity contribution is -0.122. The van der Waals surface area contributed by atoms with Crippen molar-refractivity contribution in [2.24, 2.45) is 5.92 Å². The van der Waals surface area contributed by atoms with Gasteiger partial charge in [-0.3, -0.25) is 9.59 Å². The Morgan fingerprint density at radius 2 is 1.71 bits per heavy atom. The molecule has 28 heavy (non-hydrogen) atoms. The molecule has 2 atom stereocenters. The van der Waals surface area contributed by atoms with Crippen molar-refractivity contribution in [3.8, 4) is 0 Å². The molecular formula is C24H30N2O2. The third kappa shape index (κ3) is 3.82. The minimum absolute atomic E-state index is 0.0236. The van der Waals surface area contributed by atoms with Crippen LogP contribution in [0.25, 0.3) is 0 Å². The van der Waals surface area contributed by atoms with Gasteiger partial charge in [-0.1, -0.05) is 57.2 Å². The second kappa shape index (κ2) is 8.59. The highest BCUT2D eigenvalue weighted by Gasteiger charge is 2.38. The van der Waals surface area contributed by atoms with Crippen molar-refractivity contribution in [3.05, 3.63) is 60.2 Å². The molecule has 2 aromatic rings. The van der Waals surface area contributed by atoms with E-state index in [1.54, 1.807) is 0 Å². The molecular weight excluding hydrogens is 348 g/mol. The van der Waals surface area contributed by atoms with Crippen LogP contribution < -0.4 is 9.80 Å². The zero-order valence-electron chi connectivity index (χ0n) is 17.3. The Kier molecular flexibility index (Phi) is 6.18. The lowest BCUT2D eigenvalue weighted by atomic mass is 9.89. The van der Waals surface area contributed by atoms with Crippen LogP contribution in [-0.2, 0) is 9.59 Å². The number of rotatable bonds is 5. The Balaban J connectivity index is 2.10. The molecule has 0 fully saturated rings. The van der Waals surface area contributed by atoms with Gasteiger partial charge in [0.25, 0.3) is 0 Å². The van der Waals surface area contributed by atoms with Crippen molar-refractivity contribution in [1.29, 1.82) is 0 Å². The number of para-hydroxylation sites is 2. The van der Waals surface area contributed by atoms with E-state index in [4.69, 9.17) is 0 Å². The maximum atomic E-state index is 13.1. The summed E-state index contributed by atoms with van der Waals surface area (Å²) in [5.74, 6) is 0.188. The molecule has 3 rings (SSSR count). The third-order valence-electron chi connectivity index (χ3n) is 5.37. The lowest BCUT2D eigenvalue weighted by Crippen LogP contribution is -2.49. The molecule has 1 aliphatic rings. The van der Waals surface area contributed by atoms with Crippen molar-refractivity contribution >= 4 is 23.2 Å². The van der Waals surface area contributed by atoms with Gasteiger partial charge in [0.2, 0.25) is 11.8 Å². The second-order valence-electron chi connectivity index (χ2n) is 7.87. The van der Waals surface area contributed by atoms with Crippen molar-refractivity contribution in [2.45, 2.75) is 59.0 Å². The summed E-state index contributed by atoms with van der Waals surface area (Å²) in [6, 6.07) is 17.9. The van der Waals surface area contributed by atoms with Crippen LogP contribution in [-0.4, -0.2) is 17.9 Å². The molecule has 0 saturated heterocycles. The normalized spacial score (nSPS) is 18.7. The molecule has 0 aliphatic carbocycles. The zero-order valence-corrected chi connectivity index (χ0v) is 17.3. The SMILES string of the molecule is CCCC(=O)N(c1ccccc1)C1CC(C)N(C(=O)C(C)C)c2ccccc21. The van der Waals surface area contributed by atoms with Gasteiger partial charge in [-0.2, -0.15) is 0 Å². The molecule has 1 aliphatic heterocycles. The number of amides is 2. The van der Waals surface area contributed by atoms with Crippen molar-refractivity contribution < 1.29 is 9.59 Å². The number of nitrogens with zero attached hydrogens (tertiary/aromatic N) is 2. The van der Waals surface area contributed by atoms with E-state index in [0.717, 1.165) is 29.8 Å². The molecule has 1 heterocycles. The van der Waals surface area contributed by atoms with Gasteiger partial charge in [0.15, 0.2) is 0 Å². The third-order valence-corrected chi connectivity index (χ3v) is 5.37. The van der Waals surface area contributed by atoms with E-state index in [0.29, 0.717) is 6.42 Å². The van der Waals surface area contributed by atoms with E-state index in [1.807, 2.05) is 79.1 Å². The first-order valence-electron chi connectivity index (χ1n) is 10.2. The first kappa shape index (κ1) is 20.1. The molecule has 0 aromatic heterocycles. The maximum absolute atomic E-state index is 13.1. The van der Waals surface area contributed by atoms with Crippen LogP contribution in [0.1, 0.15) is 58.6 Å². The molecule has 2 unspecified atom stereocenters. The maximum Gasteiger partial charge on any atom is 0.229 e. The lowest BCUT2D eigenvalue weighted by Gasteiger charge is -2.44. The predicted octanol–water partition coefficient (Wildman–Crippen LogP) is 5.34. The van der Waals surface area contributed by atoms with Gasteiger partial charge in [-0.25, -0.2) is 0 Å². The Hall–Kier alpha value is -2.62. The topological polar surface area (TPSA) is 40.6 Å². The largest absolute Gasteiger partial charge is 0.309 e. The fourth-order valence-electron chi connectivity index (χ4n) is 4.06. The molecule has 2 aromatic carbocycles. The van der Waals surface area contributed by atoms with Gasteiger partial charge in [0.05, 0.1) is 6.04 Å². The van der Waals surface area contributed by atoms with Gasteiger partial charge >= 0.3 is 0 Å². The molecule has 0 saturated carbocycles. The van der Waals surface area contributed by atoms with Crippen molar-refractivity contribution in [2.75, 3.05) is 9.80 Å². The van der Waals surface area contributed by atoms with Gasteiger partial charge in [0.1, 0.15) is 0 Å². The summed E-state index contributed by atoms with van der Waals surface area (Å²) in [6.45, 7) is 7.98. The first-order chi connectivity index (χ1) is 13.5. The van der Waals surface area contributed by atoms with E-state index in [2.05, 4.69) is 13.0 Å². The van der Waals surface area contributed by atoms with Crippen LogP contribution in [0.5, 0.6) is 0 Å². The highest BCUT2D eigenvalue weighted by atomic mass is 16.2. The average Bonchev–Trinajstić information content (AvgIpc) is 2.69. The molecule has 0 spiro atoms. The molecule has 2 amide bonds. The molecule has 0 N–H and O–H groups in total. The summed E-state index contributed by atoms with van der Waals surface area (Å²) < 4.78 is 0. The predicted molar refractivity (Wildman–Crippen MR) is 114 cm³/mol. The summed E-state index contributed by atoms with van der Waals surface area (Å²) in [5.41, 5.74) is 2.88. The van der Waals surface area contributed by atoms with Gasteiger partial charge in [0, 0.05) is 29.8 Å². The fraction of sp³-hybridized carbons (Fsp3) is 0.417. The minimum Gasteiger partial charge on any atom is -0.309 e.